The maximum Gasteiger partial charge on any atom is 0.255 e. The fourth-order valence-corrected chi connectivity index (χ4v) is 3.93. The molecule has 0 aromatic heterocycles. The van der Waals surface area contributed by atoms with Crippen molar-refractivity contribution in [3.8, 4) is 0 Å². The SMILES string of the molecule is CCCCNC(=O)C1c2cccc3cccc(c23)C(=O)N1Cc1ccccc1. The van der Waals surface area contributed by atoms with E-state index in [-0.39, 0.29) is 11.8 Å². The third kappa shape index (κ3) is 3.26. The smallest absolute Gasteiger partial charge is 0.255 e. The molecule has 0 bridgehead atoms. The second-order valence-electron chi connectivity index (χ2n) is 7.22. The fourth-order valence-electron chi connectivity index (χ4n) is 3.93. The molecular formula is C24H24N2O2. The highest BCUT2D eigenvalue weighted by Crippen LogP contribution is 2.38. The van der Waals surface area contributed by atoms with Gasteiger partial charge in [-0.2, -0.15) is 0 Å². The van der Waals surface area contributed by atoms with Gasteiger partial charge in [-0.25, -0.2) is 0 Å². The third-order valence-corrected chi connectivity index (χ3v) is 5.31. The van der Waals surface area contributed by atoms with Gasteiger partial charge in [0.2, 0.25) is 5.91 Å². The molecule has 1 unspecified atom stereocenters. The van der Waals surface area contributed by atoms with E-state index in [1.807, 2.05) is 66.7 Å². The summed E-state index contributed by atoms with van der Waals surface area (Å²) in [6, 6.07) is 20.9. The van der Waals surface area contributed by atoms with Gasteiger partial charge in [0, 0.05) is 24.0 Å². The number of benzene rings is 3. The maximum absolute atomic E-state index is 13.4. The quantitative estimate of drug-likeness (QED) is 0.650. The predicted molar refractivity (Wildman–Crippen MR) is 111 cm³/mol. The Labute approximate surface area is 165 Å². The first kappa shape index (κ1) is 18.2. The minimum atomic E-state index is -0.622. The lowest BCUT2D eigenvalue weighted by Crippen LogP contribution is -2.45. The van der Waals surface area contributed by atoms with Crippen molar-refractivity contribution in [3.63, 3.8) is 0 Å². The molecular weight excluding hydrogens is 348 g/mol. The number of carbonyl (C=O) groups is 2. The van der Waals surface area contributed by atoms with Crippen LogP contribution in [0.5, 0.6) is 0 Å². The second-order valence-corrected chi connectivity index (χ2v) is 7.22. The fraction of sp³-hybridized carbons (Fsp3) is 0.250. The van der Waals surface area contributed by atoms with Gasteiger partial charge in [-0.15, -0.1) is 0 Å². The van der Waals surface area contributed by atoms with Crippen molar-refractivity contribution in [2.75, 3.05) is 6.54 Å². The van der Waals surface area contributed by atoms with Crippen LogP contribution in [0.4, 0.5) is 0 Å². The molecule has 3 aromatic rings. The van der Waals surface area contributed by atoms with E-state index >= 15 is 0 Å². The molecule has 1 aliphatic rings. The Morgan fingerprint density at radius 1 is 1.00 bits per heavy atom. The lowest BCUT2D eigenvalue weighted by molar-refractivity contribution is -0.126. The molecule has 1 N–H and O–H groups in total. The highest BCUT2D eigenvalue weighted by atomic mass is 16.2. The molecule has 1 aliphatic heterocycles. The van der Waals surface area contributed by atoms with E-state index in [9.17, 15) is 9.59 Å². The lowest BCUT2D eigenvalue weighted by atomic mass is 9.88. The van der Waals surface area contributed by atoms with Crippen molar-refractivity contribution >= 4 is 22.6 Å². The summed E-state index contributed by atoms with van der Waals surface area (Å²) < 4.78 is 0. The second kappa shape index (κ2) is 7.85. The summed E-state index contributed by atoms with van der Waals surface area (Å²) in [4.78, 5) is 28.3. The van der Waals surface area contributed by atoms with Crippen LogP contribution in [0.2, 0.25) is 0 Å². The molecule has 142 valence electrons. The Balaban J connectivity index is 1.80. The number of hydrogen-bond donors (Lipinski definition) is 1. The molecule has 0 fully saturated rings. The van der Waals surface area contributed by atoms with Gasteiger partial charge in [0.15, 0.2) is 0 Å². The van der Waals surface area contributed by atoms with Crippen molar-refractivity contribution in [3.05, 3.63) is 83.4 Å². The standard InChI is InChI=1S/C24H24N2O2/c1-2-3-15-25-23(27)22-19-13-7-11-18-12-8-14-20(21(18)19)24(28)26(22)16-17-9-5-4-6-10-17/h4-14,22H,2-3,15-16H2,1H3,(H,25,27). The van der Waals surface area contributed by atoms with Crippen molar-refractivity contribution < 1.29 is 9.59 Å². The number of hydrogen-bond acceptors (Lipinski definition) is 2. The van der Waals surface area contributed by atoms with Gasteiger partial charge < -0.3 is 10.2 Å². The van der Waals surface area contributed by atoms with Crippen molar-refractivity contribution in [1.29, 1.82) is 0 Å². The van der Waals surface area contributed by atoms with Gasteiger partial charge in [0.1, 0.15) is 6.04 Å². The Hall–Kier alpha value is -3.14. The van der Waals surface area contributed by atoms with Crippen molar-refractivity contribution in [2.45, 2.75) is 32.4 Å². The van der Waals surface area contributed by atoms with Gasteiger partial charge in [0.25, 0.3) is 5.91 Å². The molecule has 4 rings (SSSR count). The first-order valence-corrected chi connectivity index (χ1v) is 9.85. The van der Waals surface area contributed by atoms with Gasteiger partial charge in [-0.05, 0) is 29.0 Å². The van der Waals surface area contributed by atoms with Crippen LogP contribution in [-0.4, -0.2) is 23.3 Å². The summed E-state index contributed by atoms with van der Waals surface area (Å²) in [7, 11) is 0. The molecule has 4 nitrogen and oxygen atoms in total. The van der Waals surface area contributed by atoms with Crippen molar-refractivity contribution in [2.24, 2.45) is 0 Å². The average molecular weight is 372 g/mol. The van der Waals surface area contributed by atoms with Crippen LogP contribution in [0.1, 0.15) is 47.3 Å². The molecule has 1 atom stereocenters. The molecule has 2 amide bonds. The van der Waals surface area contributed by atoms with Crippen LogP contribution >= 0.6 is 0 Å². The summed E-state index contributed by atoms with van der Waals surface area (Å²) in [5.74, 6) is -0.205. The molecule has 0 aliphatic carbocycles. The highest BCUT2D eigenvalue weighted by Gasteiger charge is 2.38. The number of nitrogens with one attached hydrogen (secondary N) is 1. The van der Waals surface area contributed by atoms with Crippen LogP contribution in [0.15, 0.2) is 66.7 Å². The zero-order chi connectivity index (χ0) is 19.5. The normalized spacial score (nSPS) is 15.7. The van der Waals surface area contributed by atoms with E-state index in [0.717, 1.165) is 34.7 Å². The first-order valence-electron chi connectivity index (χ1n) is 9.85. The summed E-state index contributed by atoms with van der Waals surface area (Å²) >= 11 is 0. The van der Waals surface area contributed by atoms with Gasteiger partial charge >= 0.3 is 0 Å². The highest BCUT2D eigenvalue weighted by molar-refractivity contribution is 6.13. The zero-order valence-electron chi connectivity index (χ0n) is 16.0. The predicted octanol–water partition coefficient (Wildman–Crippen LogP) is 4.45. The number of rotatable bonds is 6. The van der Waals surface area contributed by atoms with Crippen LogP contribution in [0, 0.1) is 0 Å². The Morgan fingerprint density at radius 3 is 2.50 bits per heavy atom. The van der Waals surface area contributed by atoms with E-state index in [0.29, 0.717) is 18.7 Å². The summed E-state index contributed by atoms with van der Waals surface area (Å²) in [5.41, 5.74) is 2.58. The molecule has 0 saturated carbocycles. The third-order valence-electron chi connectivity index (χ3n) is 5.31. The lowest BCUT2D eigenvalue weighted by Gasteiger charge is -2.36. The summed E-state index contributed by atoms with van der Waals surface area (Å²) in [6.07, 6.45) is 1.93. The van der Waals surface area contributed by atoms with E-state index < -0.39 is 6.04 Å². The van der Waals surface area contributed by atoms with E-state index in [2.05, 4.69) is 12.2 Å². The molecule has 0 spiro atoms. The van der Waals surface area contributed by atoms with Gasteiger partial charge in [-0.1, -0.05) is 74.0 Å². The Kier molecular flexibility index (Phi) is 5.11. The van der Waals surface area contributed by atoms with E-state index in [1.165, 1.54) is 0 Å². The van der Waals surface area contributed by atoms with Crippen LogP contribution in [-0.2, 0) is 11.3 Å². The number of amides is 2. The Morgan fingerprint density at radius 2 is 1.75 bits per heavy atom. The first-order chi connectivity index (χ1) is 13.7. The molecule has 0 saturated heterocycles. The average Bonchev–Trinajstić information content (AvgIpc) is 2.73. The molecule has 3 aromatic carbocycles. The monoisotopic (exact) mass is 372 g/mol. The number of unbranched alkanes of at least 4 members (excludes halogenated alkanes) is 1. The van der Waals surface area contributed by atoms with E-state index in [1.54, 1.807) is 4.90 Å². The minimum absolute atomic E-state index is 0.0937. The van der Waals surface area contributed by atoms with Gasteiger partial charge in [-0.3, -0.25) is 9.59 Å². The van der Waals surface area contributed by atoms with Crippen molar-refractivity contribution in [1.82, 2.24) is 10.2 Å². The van der Waals surface area contributed by atoms with Crippen LogP contribution < -0.4 is 5.32 Å². The largest absolute Gasteiger partial charge is 0.354 e. The zero-order valence-corrected chi connectivity index (χ0v) is 16.0. The van der Waals surface area contributed by atoms with Gasteiger partial charge in [0.05, 0.1) is 0 Å². The summed E-state index contributed by atoms with van der Waals surface area (Å²) in [6.45, 7) is 3.11. The Bertz CT molecular complexity index is 1010. The number of nitrogens with zero attached hydrogens (tertiary/aromatic N) is 1. The molecule has 1 heterocycles. The molecule has 0 radical (unpaired) electrons. The summed E-state index contributed by atoms with van der Waals surface area (Å²) in [5, 5.41) is 4.92. The topological polar surface area (TPSA) is 49.4 Å². The van der Waals surface area contributed by atoms with Crippen LogP contribution in [0.3, 0.4) is 0 Å². The van der Waals surface area contributed by atoms with Crippen LogP contribution in [0.25, 0.3) is 10.8 Å². The number of carbonyl (C=O) groups excluding carboxylic acids is 2. The van der Waals surface area contributed by atoms with E-state index in [4.69, 9.17) is 0 Å². The molecule has 4 heteroatoms. The minimum Gasteiger partial charge on any atom is -0.354 e. The maximum atomic E-state index is 13.4. The molecule has 28 heavy (non-hydrogen) atoms.